The van der Waals surface area contributed by atoms with Crippen LogP contribution in [0.2, 0.25) is 0 Å². The summed E-state index contributed by atoms with van der Waals surface area (Å²) in [5, 5.41) is 218. The molecule has 522 valence electrons. The van der Waals surface area contributed by atoms with E-state index >= 15 is 0 Å². The highest BCUT2D eigenvalue weighted by Crippen LogP contribution is 2.75. The summed E-state index contributed by atoms with van der Waals surface area (Å²) in [5.41, 5.74) is -4.78. The second-order valence-electron chi connectivity index (χ2n) is 29.0. The third kappa shape index (κ3) is 13.0. The molecule has 0 aromatic rings. The van der Waals surface area contributed by atoms with Crippen molar-refractivity contribution in [2.24, 2.45) is 39.4 Å². The highest BCUT2D eigenvalue weighted by Gasteiger charge is 2.72. The largest absolute Gasteiger partial charge is 0.394 e. The van der Waals surface area contributed by atoms with Gasteiger partial charge in [-0.25, -0.2) is 0 Å². The van der Waals surface area contributed by atoms with E-state index in [1.807, 2.05) is 13.8 Å². The zero-order chi connectivity index (χ0) is 66.4. The molecule has 4 aliphatic carbocycles. The molecule has 90 heavy (non-hydrogen) atoms. The molecule has 0 unspecified atom stereocenters. The first-order valence-electron chi connectivity index (χ1n) is 31.6. The lowest BCUT2D eigenvalue weighted by atomic mass is 9.38. The van der Waals surface area contributed by atoms with Crippen LogP contribution in [-0.2, 0) is 47.4 Å². The molecule has 0 aromatic heterocycles. The van der Waals surface area contributed by atoms with Gasteiger partial charge in [0, 0.05) is 10.8 Å². The Balaban J connectivity index is 0.896. The Labute approximate surface area is 522 Å². The molecule has 0 radical (unpaired) electrons. The molecule has 5 aliphatic heterocycles. The summed E-state index contributed by atoms with van der Waals surface area (Å²) in [6.45, 7) is 11.5. The van der Waals surface area contributed by atoms with Crippen molar-refractivity contribution in [1.82, 2.24) is 0 Å². The lowest BCUT2D eigenvalue weighted by Crippen LogP contribution is -2.66. The number of aliphatic hydroxyl groups is 20. The monoisotopic (exact) mass is 1300 g/mol. The standard InChI is InChI=1S/C60H102O30/c1-55(2)23-9-11-31-57(5)15-13-30(58(57,6)17-32(64)60(31,8)24(23)10-12-33(55)88-52-47(77)43(73)38(68)28(86-52)21-81-50-45(75)40(70)35(65)25(18-61)83-50)59(7,80)16-14-34(56(3,4)79)89-54-49(90-53-48(78)42(72)37(67)27(20-63)85-53)44(74)39(69)29(87-54)22-82-51-46(76)41(71)36(66)26(19-62)84-51/h9,24-54,61-80H,10-22H2,1-8H3/t24-,25-,26-,27-,28-,29-,30+,31+,32-,33+,34-,35-,36-,37-,38-,39-,40+,41+,42+,43+,44+,45-,46-,47-,48-,49-,50-,51-,52+,53+,54+,57+,58-,59+,60+/m1/s1. The van der Waals surface area contributed by atoms with Crippen LogP contribution in [0.5, 0.6) is 0 Å². The molecule has 8 fully saturated rings. The molecular weight excluding hydrogens is 1200 g/mol. The molecule has 30 nitrogen and oxygen atoms in total. The van der Waals surface area contributed by atoms with Gasteiger partial charge >= 0.3 is 0 Å². The quantitative estimate of drug-likeness (QED) is 0.0504. The lowest BCUT2D eigenvalue weighted by Gasteiger charge is -2.68. The highest BCUT2D eigenvalue weighted by atomic mass is 16.8. The van der Waals surface area contributed by atoms with E-state index in [4.69, 9.17) is 47.4 Å². The Morgan fingerprint density at radius 3 is 1.43 bits per heavy atom. The highest BCUT2D eigenvalue weighted by molar-refractivity contribution is 5.32. The van der Waals surface area contributed by atoms with Crippen LogP contribution in [0, 0.1) is 39.4 Å². The van der Waals surface area contributed by atoms with Crippen molar-refractivity contribution in [3.05, 3.63) is 11.6 Å². The smallest absolute Gasteiger partial charge is 0.187 e. The second kappa shape index (κ2) is 27.5. The molecule has 30 heteroatoms. The van der Waals surface area contributed by atoms with Crippen LogP contribution in [0.3, 0.4) is 0 Å². The van der Waals surface area contributed by atoms with Gasteiger partial charge < -0.3 is 149 Å². The van der Waals surface area contributed by atoms with E-state index < -0.39 is 244 Å². The molecule has 0 spiro atoms. The Morgan fingerprint density at radius 2 is 0.944 bits per heavy atom. The Bertz CT molecular complexity index is 2390. The van der Waals surface area contributed by atoms with Gasteiger partial charge in [0.05, 0.1) is 62.5 Å². The summed E-state index contributed by atoms with van der Waals surface area (Å²) >= 11 is 0. The SMILES string of the molecule is CC(C)(O)[C@@H](CC[C@](C)(O)[C@H]1CC[C@@]2(C)[C@@H]3CC=C4[C@@H](CC[C@H](O[C@@H]5O[C@H](CO[C@@H]6O[C@H](CO)[C@@H](O)[C@H](O)[C@H]6O)[C@@H](O)[C@H](O)[C@H]5O)C4(C)C)[C@]3(C)[C@H](O)C[C@]12C)O[C@@H]1O[C@H](CO[C@@H]2O[C@H](CO)[C@@H](O)[C@H](O)[C@H]2O)[C@@H](O)[C@H](O)[C@H]1O[C@@H]1O[C@H](CO)[C@@H](O)[C@H](O)[C@H]1O. The van der Waals surface area contributed by atoms with Crippen LogP contribution < -0.4 is 0 Å². The van der Waals surface area contributed by atoms with E-state index in [1.165, 1.54) is 13.8 Å². The average Bonchev–Trinajstić information content (AvgIpc) is 1.31. The van der Waals surface area contributed by atoms with Crippen molar-refractivity contribution in [3.63, 3.8) is 0 Å². The van der Waals surface area contributed by atoms with Crippen molar-refractivity contribution in [3.8, 4) is 0 Å². The van der Waals surface area contributed by atoms with Gasteiger partial charge in [-0.3, -0.25) is 0 Å². The van der Waals surface area contributed by atoms with E-state index in [1.54, 1.807) is 6.92 Å². The van der Waals surface area contributed by atoms with Crippen LogP contribution in [0.25, 0.3) is 0 Å². The van der Waals surface area contributed by atoms with Gasteiger partial charge in [0.2, 0.25) is 0 Å². The van der Waals surface area contributed by atoms with Crippen molar-refractivity contribution >= 4 is 0 Å². The Hall–Kier alpha value is -1.46. The van der Waals surface area contributed by atoms with Crippen molar-refractivity contribution < 1.29 is 149 Å². The second-order valence-corrected chi connectivity index (χ2v) is 29.0. The first kappa shape index (κ1) is 72.8. The van der Waals surface area contributed by atoms with Gasteiger partial charge in [0.1, 0.15) is 122 Å². The number of allylic oxidation sites excluding steroid dienone is 1. The van der Waals surface area contributed by atoms with E-state index in [0.29, 0.717) is 38.5 Å². The topological polar surface area (TPSA) is 497 Å². The minimum atomic E-state index is -2.01. The third-order valence-electron chi connectivity index (χ3n) is 22.9. The van der Waals surface area contributed by atoms with Crippen LogP contribution in [0.15, 0.2) is 11.6 Å². The minimum absolute atomic E-state index is 0.0144. The van der Waals surface area contributed by atoms with Gasteiger partial charge in [-0.1, -0.05) is 46.3 Å². The lowest BCUT2D eigenvalue weighted by molar-refractivity contribution is -0.380. The Morgan fingerprint density at radius 1 is 0.511 bits per heavy atom. The fourth-order valence-corrected chi connectivity index (χ4v) is 17.0. The first-order valence-corrected chi connectivity index (χ1v) is 31.6. The summed E-state index contributed by atoms with van der Waals surface area (Å²) in [6, 6.07) is 0. The zero-order valence-electron chi connectivity index (χ0n) is 52.2. The Kier molecular flexibility index (Phi) is 22.2. The molecule has 0 amide bonds. The molecule has 20 N–H and O–H groups in total. The van der Waals surface area contributed by atoms with Crippen LogP contribution in [-0.4, -0.2) is 318 Å². The molecule has 35 atom stereocenters. The van der Waals surface area contributed by atoms with Gasteiger partial charge in [-0.2, -0.15) is 0 Å². The van der Waals surface area contributed by atoms with E-state index in [0.717, 1.165) is 5.57 Å². The average molecular weight is 1300 g/mol. The van der Waals surface area contributed by atoms with Crippen LogP contribution >= 0.6 is 0 Å². The summed E-state index contributed by atoms with van der Waals surface area (Å²) < 4.78 is 59.1. The molecule has 0 aromatic carbocycles. The minimum Gasteiger partial charge on any atom is -0.394 e. The third-order valence-corrected chi connectivity index (χ3v) is 22.9. The fraction of sp³-hybridized carbons (Fsp3) is 0.967. The predicted octanol–water partition coefficient (Wildman–Crippen LogP) is -6.29. The molecule has 3 saturated carbocycles. The van der Waals surface area contributed by atoms with Crippen molar-refractivity contribution in [2.45, 2.75) is 290 Å². The summed E-state index contributed by atoms with van der Waals surface area (Å²) in [6.07, 6.45) is -40.2. The molecule has 0 bridgehead atoms. The number of ether oxygens (including phenoxy) is 10. The number of rotatable bonds is 20. The van der Waals surface area contributed by atoms with Crippen molar-refractivity contribution in [2.75, 3.05) is 33.0 Å². The zero-order valence-corrected chi connectivity index (χ0v) is 52.2. The number of aliphatic hydroxyl groups excluding tert-OH is 18. The van der Waals surface area contributed by atoms with Gasteiger partial charge in [0.25, 0.3) is 0 Å². The van der Waals surface area contributed by atoms with Crippen LogP contribution in [0.4, 0.5) is 0 Å². The van der Waals surface area contributed by atoms with E-state index in [2.05, 4.69) is 26.8 Å². The maximum absolute atomic E-state index is 12.9. The summed E-state index contributed by atoms with van der Waals surface area (Å²) in [4.78, 5) is 0. The number of hydrogen-bond donors (Lipinski definition) is 20. The number of hydrogen-bond acceptors (Lipinski definition) is 30. The predicted molar refractivity (Wildman–Crippen MR) is 302 cm³/mol. The summed E-state index contributed by atoms with van der Waals surface area (Å²) in [7, 11) is 0. The van der Waals surface area contributed by atoms with E-state index in [9.17, 15) is 102 Å². The molecule has 5 saturated heterocycles. The molecule has 9 rings (SSSR count). The van der Waals surface area contributed by atoms with Gasteiger partial charge in [0.15, 0.2) is 31.5 Å². The van der Waals surface area contributed by atoms with Gasteiger partial charge in [-0.15, -0.1) is 0 Å². The maximum Gasteiger partial charge on any atom is 0.187 e. The van der Waals surface area contributed by atoms with Crippen LogP contribution in [0.1, 0.15) is 107 Å². The van der Waals surface area contributed by atoms with E-state index in [-0.39, 0.29) is 24.7 Å². The van der Waals surface area contributed by atoms with Gasteiger partial charge in [-0.05, 0) is 101 Å². The summed E-state index contributed by atoms with van der Waals surface area (Å²) in [5.74, 6) is -0.675. The molecular formula is C60H102O30. The fourth-order valence-electron chi connectivity index (χ4n) is 17.0. The van der Waals surface area contributed by atoms with Crippen molar-refractivity contribution in [1.29, 1.82) is 0 Å². The normalized spacial score (nSPS) is 51.7. The molecule has 5 heterocycles. The first-order chi connectivity index (χ1) is 41.9. The maximum atomic E-state index is 12.9. The molecule has 9 aliphatic rings. The number of fused-ring (bicyclic) bond motifs is 5.